The number of aromatic nitrogens is 1. The highest BCUT2D eigenvalue weighted by atomic mass is 79.9. The minimum Gasteiger partial charge on any atom is -0.391 e. The molecule has 2 aromatic carbocycles. The smallest absolute Gasteiger partial charge is 0.173 e. The minimum atomic E-state index is -0.118. The number of nitrogens with zero attached hydrogens (tertiary/aromatic N) is 1. The first-order chi connectivity index (χ1) is 11.0. The Labute approximate surface area is 144 Å². The van der Waals surface area contributed by atoms with Crippen molar-refractivity contribution in [2.75, 3.05) is 0 Å². The number of hydrogen-bond acceptors (Lipinski definition) is 3. The number of aliphatic hydroxyl groups excluding tert-OH is 1. The first-order valence-electron chi connectivity index (χ1n) is 7.45. The van der Waals surface area contributed by atoms with E-state index >= 15 is 0 Å². The highest BCUT2D eigenvalue weighted by Gasteiger charge is 2.21. The molecule has 0 saturated heterocycles. The average Bonchev–Trinajstić information content (AvgIpc) is 2.89. The molecule has 0 radical (unpaired) electrons. The first kappa shape index (κ1) is 16.0. The van der Waals surface area contributed by atoms with E-state index in [1.807, 2.05) is 24.3 Å². The zero-order chi connectivity index (χ0) is 16.6. The fourth-order valence-corrected chi connectivity index (χ4v) is 3.45. The SMILES string of the molecule is Cc1cc(C)c(-c2onc(-c3cccc(Br)c3)c2CO)c(C)c1. The Bertz CT molecular complexity index is 845. The predicted octanol–water partition coefficient (Wildman–Crippen LogP) is 5.19. The maximum absolute atomic E-state index is 9.90. The summed E-state index contributed by atoms with van der Waals surface area (Å²) >= 11 is 3.47. The van der Waals surface area contributed by atoms with Gasteiger partial charge in [0.1, 0.15) is 5.69 Å². The second-order valence-electron chi connectivity index (χ2n) is 5.78. The third-order valence-corrected chi connectivity index (χ3v) is 4.44. The maximum atomic E-state index is 9.90. The molecule has 3 nitrogen and oxygen atoms in total. The summed E-state index contributed by atoms with van der Waals surface area (Å²) in [6, 6.07) is 12.1. The summed E-state index contributed by atoms with van der Waals surface area (Å²) < 4.78 is 6.61. The summed E-state index contributed by atoms with van der Waals surface area (Å²) in [7, 11) is 0. The predicted molar refractivity (Wildman–Crippen MR) is 95.2 cm³/mol. The molecule has 0 bridgehead atoms. The van der Waals surface area contributed by atoms with E-state index in [2.05, 4.69) is 54.0 Å². The van der Waals surface area contributed by atoms with Gasteiger partial charge in [-0.2, -0.15) is 0 Å². The summed E-state index contributed by atoms with van der Waals surface area (Å²) in [6.07, 6.45) is 0. The van der Waals surface area contributed by atoms with Crippen molar-refractivity contribution in [1.82, 2.24) is 5.16 Å². The molecule has 0 unspecified atom stereocenters. The molecule has 0 aliphatic rings. The maximum Gasteiger partial charge on any atom is 0.173 e. The lowest BCUT2D eigenvalue weighted by atomic mass is 9.94. The standard InChI is InChI=1S/C19H18BrNO2/c1-11-7-12(2)17(13(3)8-11)19-16(10-22)18(21-23-19)14-5-4-6-15(20)9-14/h4-9,22H,10H2,1-3H3. The van der Waals surface area contributed by atoms with Gasteiger partial charge in [0.2, 0.25) is 0 Å². The number of hydrogen-bond donors (Lipinski definition) is 1. The summed E-state index contributed by atoms with van der Waals surface area (Å²) in [6.45, 7) is 6.06. The molecule has 0 spiro atoms. The van der Waals surface area contributed by atoms with Gasteiger partial charge in [0.25, 0.3) is 0 Å². The molecule has 0 fully saturated rings. The lowest BCUT2D eigenvalue weighted by molar-refractivity contribution is 0.281. The molecule has 1 heterocycles. The first-order valence-corrected chi connectivity index (χ1v) is 8.24. The summed E-state index contributed by atoms with van der Waals surface area (Å²) in [5, 5.41) is 14.1. The molecule has 1 N–H and O–H groups in total. The lowest BCUT2D eigenvalue weighted by Gasteiger charge is -2.10. The van der Waals surface area contributed by atoms with Crippen LogP contribution in [0.15, 0.2) is 45.4 Å². The zero-order valence-electron chi connectivity index (χ0n) is 13.4. The van der Waals surface area contributed by atoms with E-state index < -0.39 is 0 Å². The van der Waals surface area contributed by atoms with Crippen LogP contribution in [0.4, 0.5) is 0 Å². The Morgan fingerprint density at radius 1 is 1.09 bits per heavy atom. The number of aryl methyl sites for hydroxylation is 3. The van der Waals surface area contributed by atoms with Crippen molar-refractivity contribution in [1.29, 1.82) is 0 Å². The summed E-state index contributed by atoms with van der Waals surface area (Å²) in [4.78, 5) is 0. The Balaban J connectivity index is 2.20. The third-order valence-electron chi connectivity index (χ3n) is 3.95. The highest BCUT2D eigenvalue weighted by Crippen LogP contribution is 2.36. The molecule has 4 heteroatoms. The number of aliphatic hydroxyl groups is 1. The fourth-order valence-electron chi connectivity index (χ4n) is 3.05. The van der Waals surface area contributed by atoms with Crippen LogP contribution in [0.5, 0.6) is 0 Å². The van der Waals surface area contributed by atoms with Gasteiger partial charge in [0.15, 0.2) is 5.76 Å². The molecule has 0 atom stereocenters. The number of halogens is 1. The summed E-state index contributed by atoms with van der Waals surface area (Å²) in [5.74, 6) is 0.650. The molecule has 118 valence electrons. The normalized spacial score (nSPS) is 11.0. The van der Waals surface area contributed by atoms with Gasteiger partial charge in [0, 0.05) is 15.6 Å². The molecule has 23 heavy (non-hydrogen) atoms. The van der Waals surface area contributed by atoms with E-state index in [9.17, 15) is 5.11 Å². The van der Waals surface area contributed by atoms with Gasteiger partial charge in [0.05, 0.1) is 12.2 Å². The van der Waals surface area contributed by atoms with Crippen molar-refractivity contribution in [2.45, 2.75) is 27.4 Å². The van der Waals surface area contributed by atoms with Gasteiger partial charge in [-0.05, 0) is 44.0 Å². The van der Waals surface area contributed by atoms with E-state index in [0.717, 1.165) is 32.3 Å². The van der Waals surface area contributed by atoms with Crippen LogP contribution >= 0.6 is 15.9 Å². The quantitative estimate of drug-likeness (QED) is 0.688. The van der Waals surface area contributed by atoms with Crippen molar-refractivity contribution < 1.29 is 9.63 Å². The van der Waals surface area contributed by atoms with Gasteiger partial charge in [-0.15, -0.1) is 0 Å². The molecular formula is C19H18BrNO2. The van der Waals surface area contributed by atoms with Crippen LogP contribution in [0.3, 0.4) is 0 Å². The topological polar surface area (TPSA) is 46.3 Å². The monoisotopic (exact) mass is 371 g/mol. The van der Waals surface area contributed by atoms with Crippen molar-refractivity contribution in [3.05, 3.63) is 63.1 Å². The Hall–Kier alpha value is -1.91. The van der Waals surface area contributed by atoms with Gasteiger partial charge in [-0.3, -0.25) is 0 Å². The molecule has 3 rings (SSSR count). The van der Waals surface area contributed by atoms with Crippen LogP contribution in [0, 0.1) is 20.8 Å². The van der Waals surface area contributed by atoms with Crippen LogP contribution in [0.25, 0.3) is 22.6 Å². The van der Waals surface area contributed by atoms with E-state index in [1.165, 1.54) is 5.56 Å². The van der Waals surface area contributed by atoms with Crippen LogP contribution in [-0.4, -0.2) is 10.3 Å². The second kappa shape index (κ2) is 6.30. The zero-order valence-corrected chi connectivity index (χ0v) is 14.9. The molecule has 0 amide bonds. The van der Waals surface area contributed by atoms with E-state index in [1.54, 1.807) is 0 Å². The van der Waals surface area contributed by atoms with Crippen molar-refractivity contribution in [3.8, 4) is 22.6 Å². The number of benzene rings is 2. The fraction of sp³-hybridized carbons (Fsp3) is 0.211. The van der Waals surface area contributed by atoms with Crippen LogP contribution in [0.1, 0.15) is 22.3 Å². The Kier molecular flexibility index (Phi) is 4.37. The molecule has 0 aliphatic heterocycles. The third kappa shape index (κ3) is 2.96. The molecular weight excluding hydrogens is 354 g/mol. The molecule has 1 aromatic heterocycles. The van der Waals surface area contributed by atoms with Crippen molar-refractivity contribution in [2.24, 2.45) is 0 Å². The largest absolute Gasteiger partial charge is 0.391 e. The van der Waals surface area contributed by atoms with E-state index in [-0.39, 0.29) is 6.61 Å². The van der Waals surface area contributed by atoms with E-state index in [4.69, 9.17) is 4.52 Å². The van der Waals surface area contributed by atoms with E-state index in [0.29, 0.717) is 11.5 Å². The lowest BCUT2D eigenvalue weighted by Crippen LogP contribution is -1.94. The summed E-state index contributed by atoms with van der Waals surface area (Å²) in [5.41, 5.74) is 6.78. The van der Waals surface area contributed by atoms with Crippen LogP contribution in [-0.2, 0) is 6.61 Å². The Morgan fingerprint density at radius 2 is 1.78 bits per heavy atom. The average molecular weight is 372 g/mol. The van der Waals surface area contributed by atoms with Gasteiger partial charge >= 0.3 is 0 Å². The number of rotatable bonds is 3. The second-order valence-corrected chi connectivity index (χ2v) is 6.70. The Morgan fingerprint density at radius 3 is 2.39 bits per heavy atom. The van der Waals surface area contributed by atoms with Gasteiger partial charge < -0.3 is 9.63 Å². The van der Waals surface area contributed by atoms with Gasteiger partial charge in [-0.25, -0.2) is 0 Å². The molecule has 3 aromatic rings. The molecule has 0 saturated carbocycles. The van der Waals surface area contributed by atoms with Crippen molar-refractivity contribution in [3.63, 3.8) is 0 Å². The van der Waals surface area contributed by atoms with Crippen molar-refractivity contribution >= 4 is 15.9 Å². The van der Waals surface area contributed by atoms with Crippen LogP contribution < -0.4 is 0 Å². The van der Waals surface area contributed by atoms with Crippen LogP contribution in [0.2, 0.25) is 0 Å². The molecule has 0 aliphatic carbocycles. The highest BCUT2D eigenvalue weighted by molar-refractivity contribution is 9.10. The minimum absolute atomic E-state index is 0.118. The van der Waals surface area contributed by atoms with Gasteiger partial charge in [-0.1, -0.05) is 50.9 Å².